The first kappa shape index (κ1) is 105. The van der Waals surface area contributed by atoms with Crippen molar-refractivity contribution < 1.29 is 0 Å². The number of hydrogen-bond donors (Lipinski definition) is 0. The van der Waals surface area contributed by atoms with Gasteiger partial charge in [0.2, 0.25) is 34.2 Å². The van der Waals surface area contributed by atoms with E-state index in [4.69, 9.17) is 0 Å². The second kappa shape index (κ2) is 55.5. The highest BCUT2D eigenvalue weighted by atomic mass is 15.2. The molecule has 12 nitrogen and oxygen atoms in total. The van der Waals surface area contributed by atoms with Gasteiger partial charge < -0.3 is 49.0 Å². The van der Waals surface area contributed by atoms with Crippen molar-refractivity contribution >= 4 is 137 Å². The van der Waals surface area contributed by atoms with Crippen LogP contribution in [0, 0.1) is 13.8 Å². The zero-order valence-electron chi connectivity index (χ0n) is 87.8. The third-order valence-electron chi connectivity index (χ3n) is 27.6. The van der Waals surface area contributed by atoms with Crippen molar-refractivity contribution in [1.82, 2.24) is 9.15 Å². The number of anilines is 18. The van der Waals surface area contributed by atoms with E-state index in [2.05, 4.69) is 471 Å². The summed E-state index contributed by atoms with van der Waals surface area (Å²) in [5.41, 5.74) is 29.6. The first-order valence-corrected chi connectivity index (χ1v) is 54.3. The summed E-state index contributed by atoms with van der Waals surface area (Å²) in [6, 6.07) is 112. The van der Waals surface area contributed by atoms with Crippen molar-refractivity contribution in [1.29, 1.82) is 0 Å². The SMILES string of the molecule is CCCCN(CCCC)c1ccc(N(c2ccc(C)cc2)c2ccc([N+](=C3C=CC(=[N+](c4ccc(N(c5ccc(N(CCCC)CCCC)cc5)c5ccc(N(CCCC)CCCC)cc5)cc4)c4ccc(N(c5ccc(N(CCCC)CCCC)cc5)c5ccc(N(CCCC)CCCC)cc5)cc4)C=C3)c3ccc(N(c4ccc(C)cc4)c4ccc(N(CCCC)CCCC)cc4)cc3)cc2)cc1. The molecule has 0 saturated heterocycles. The Labute approximate surface area is 845 Å². The molecule has 0 bridgehead atoms. The van der Waals surface area contributed by atoms with Crippen LogP contribution in [-0.2, 0) is 0 Å². The van der Waals surface area contributed by atoms with Gasteiger partial charge in [-0.3, -0.25) is 0 Å². The van der Waals surface area contributed by atoms with Crippen molar-refractivity contribution in [3.8, 4) is 0 Å². The maximum atomic E-state index is 2.60. The summed E-state index contributed by atoms with van der Waals surface area (Å²) < 4.78 is 4.90. The molecule has 0 N–H and O–H groups in total. The average molecular weight is 1870 g/mol. The van der Waals surface area contributed by atoms with Crippen LogP contribution in [0.1, 0.15) is 248 Å². The largest absolute Gasteiger partial charge is 0.372 e. The predicted octanol–water partition coefficient (Wildman–Crippen LogP) is 36.0. The normalized spacial score (nSPS) is 11.7. The monoisotopic (exact) mass is 1870 g/mol. The van der Waals surface area contributed by atoms with Crippen molar-refractivity contribution in [2.45, 2.75) is 251 Å². The molecular weight excluding hydrogens is 1710 g/mol. The third kappa shape index (κ3) is 28.4. The van der Waals surface area contributed by atoms with Gasteiger partial charge in [-0.15, -0.1) is 0 Å². The van der Waals surface area contributed by atoms with Crippen molar-refractivity contribution in [3.05, 3.63) is 327 Å². The van der Waals surface area contributed by atoms with Gasteiger partial charge in [0.25, 0.3) is 0 Å². The zero-order chi connectivity index (χ0) is 98.2. The minimum Gasteiger partial charge on any atom is -0.372 e. The molecule has 736 valence electrons. The van der Waals surface area contributed by atoms with Crippen LogP contribution in [0.3, 0.4) is 0 Å². The molecule has 0 spiro atoms. The zero-order valence-corrected chi connectivity index (χ0v) is 87.8. The molecule has 13 rings (SSSR count). The molecule has 0 amide bonds. The van der Waals surface area contributed by atoms with Gasteiger partial charge in [0.1, 0.15) is 0 Å². The maximum Gasteiger partial charge on any atom is 0.212 e. The van der Waals surface area contributed by atoms with E-state index in [1.54, 1.807) is 0 Å². The summed E-state index contributed by atoms with van der Waals surface area (Å²) in [6.07, 6.45) is 37.3. The maximum absolute atomic E-state index is 2.60. The number of benzene rings is 12. The van der Waals surface area contributed by atoms with E-state index < -0.39 is 0 Å². The van der Waals surface area contributed by atoms with Crippen LogP contribution in [-0.4, -0.2) is 90.0 Å². The Morgan fingerprint density at radius 1 is 0.143 bits per heavy atom. The molecular formula is C128H166N12+2. The Morgan fingerprint density at radius 3 is 0.371 bits per heavy atom. The Hall–Kier alpha value is -12.5. The Balaban J connectivity index is 0.984. The van der Waals surface area contributed by atoms with Crippen LogP contribution < -0.4 is 58.2 Å². The number of aryl methyl sites for hydroxylation is 2. The molecule has 12 aromatic rings. The fraction of sp³-hybridized carbons (Fsp3) is 0.391. The molecule has 0 atom stereocenters. The molecule has 0 radical (unpaired) electrons. The van der Waals surface area contributed by atoms with Gasteiger partial charge in [0.15, 0.2) is 0 Å². The topological polar surface area (TPSA) is 38.4 Å². The second-order valence-corrected chi connectivity index (χ2v) is 38.5. The molecule has 0 aromatic heterocycles. The van der Waals surface area contributed by atoms with Crippen molar-refractivity contribution in [2.75, 3.05) is 128 Å². The first-order chi connectivity index (χ1) is 68.8. The van der Waals surface area contributed by atoms with Crippen LogP contribution in [0.5, 0.6) is 0 Å². The lowest BCUT2D eigenvalue weighted by molar-refractivity contribution is 0.678. The van der Waals surface area contributed by atoms with E-state index in [-0.39, 0.29) is 0 Å². The minimum absolute atomic E-state index is 1.03. The van der Waals surface area contributed by atoms with Gasteiger partial charge in [-0.2, -0.15) is 9.15 Å². The van der Waals surface area contributed by atoms with Crippen LogP contribution in [0.4, 0.5) is 125 Å². The number of unbranched alkanes of at least 4 members (excludes halogenated alkanes) is 12. The third-order valence-corrected chi connectivity index (χ3v) is 27.6. The molecule has 1 aliphatic rings. The lowest BCUT2D eigenvalue weighted by Gasteiger charge is -2.29. The molecule has 1 aliphatic carbocycles. The van der Waals surface area contributed by atoms with Gasteiger partial charge in [-0.1, -0.05) is 196 Å². The summed E-state index contributed by atoms with van der Waals surface area (Å²) in [5.74, 6) is 0. The molecule has 0 heterocycles. The number of nitrogens with zero attached hydrogens (tertiary/aromatic N) is 12. The smallest absolute Gasteiger partial charge is 0.212 e. The number of allylic oxidation sites excluding steroid dienone is 4. The molecule has 12 heteroatoms. The van der Waals surface area contributed by atoms with Crippen molar-refractivity contribution in [2.24, 2.45) is 0 Å². The summed E-state index contributed by atoms with van der Waals surface area (Å²) in [5, 5.41) is 0. The summed E-state index contributed by atoms with van der Waals surface area (Å²) in [7, 11) is 0. The summed E-state index contributed by atoms with van der Waals surface area (Å²) >= 11 is 0. The number of hydrogen-bond acceptors (Lipinski definition) is 10. The molecule has 0 aliphatic heterocycles. The van der Waals surface area contributed by atoms with E-state index in [0.717, 1.165) is 232 Å². The standard InChI is InChI=1S/C128H166N12/c1-15-27-91-129(92-28-16-2)105-47-59-113(60-48-105)135(111-43-39-103(13)40-44-111)119-71-75-123(76-72-119)139(124-77-73-120(74-78-124)136(112-45-41-104(14)42-46-112)114-61-49-106(50-62-114)130(93-29-17-3)94-30-18-4)127-87-89-128(90-88-127)140(125-83-79-121(80-84-125)137(115-63-51-107(52-64-115)131(95-31-19-5)96-32-20-6)116-65-53-108(54-66-116)132(97-33-21-7)98-34-22-8)126-85-81-122(82-86-126)138(117-67-55-109(56-68-117)133(99-35-23-9)100-36-24-10)118-69-57-110(58-70-118)134(101-37-25-11)102-38-26-12/h39-90H,15-38,91-102H2,1-14H3/q+2. The van der Waals surface area contributed by atoms with E-state index >= 15 is 0 Å². The van der Waals surface area contributed by atoms with Crippen molar-refractivity contribution in [3.63, 3.8) is 0 Å². The van der Waals surface area contributed by atoms with E-state index in [1.807, 2.05) is 0 Å². The van der Waals surface area contributed by atoms with E-state index in [0.29, 0.717) is 0 Å². The Morgan fingerprint density at radius 2 is 0.250 bits per heavy atom. The average Bonchev–Trinajstić information content (AvgIpc) is 0.770. The molecule has 140 heavy (non-hydrogen) atoms. The molecule has 0 unspecified atom stereocenters. The Kier molecular flexibility index (Phi) is 41.5. The van der Waals surface area contributed by atoms with Crippen LogP contribution >= 0.6 is 0 Å². The van der Waals surface area contributed by atoms with Crippen LogP contribution in [0.25, 0.3) is 0 Å². The summed E-state index contributed by atoms with van der Waals surface area (Å²) in [4.78, 5) is 25.3. The number of rotatable bonds is 58. The lowest BCUT2D eigenvalue weighted by atomic mass is 10.1. The Bertz CT molecular complexity index is 5200. The molecule has 0 saturated carbocycles. The molecule has 0 fully saturated rings. The minimum atomic E-state index is 1.03. The molecule has 12 aromatic carbocycles. The van der Waals surface area contributed by atoms with Crippen LogP contribution in [0.15, 0.2) is 315 Å². The highest BCUT2D eigenvalue weighted by Crippen LogP contribution is 2.45. The first-order valence-electron chi connectivity index (χ1n) is 54.3. The predicted molar refractivity (Wildman–Crippen MR) is 617 cm³/mol. The highest BCUT2D eigenvalue weighted by molar-refractivity contribution is 6.21. The lowest BCUT2D eigenvalue weighted by Crippen LogP contribution is -2.25. The fourth-order valence-corrected chi connectivity index (χ4v) is 19.1. The highest BCUT2D eigenvalue weighted by Gasteiger charge is 2.29. The van der Waals surface area contributed by atoms with Crippen LogP contribution in [0.2, 0.25) is 0 Å². The van der Waals surface area contributed by atoms with Gasteiger partial charge in [0.05, 0.1) is 0 Å². The van der Waals surface area contributed by atoms with E-state index in [1.165, 1.54) is 148 Å². The van der Waals surface area contributed by atoms with Gasteiger partial charge in [-0.25, -0.2) is 0 Å². The summed E-state index contributed by atoms with van der Waals surface area (Å²) in [6.45, 7) is 44.6. The van der Waals surface area contributed by atoms with Gasteiger partial charge in [0, 0.05) is 254 Å². The van der Waals surface area contributed by atoms with E-state index in [9.17, 15) is 0 Å². The van der Waals surface area contributed by atoms with Gasteiger partial charge in [-0.05, 0) is 309 Å². The quantitative estimate of drug-likeness (QED) is 0.0272. The second-order valence-electron chi connectivity index (χ2n) is 38.5. The van der Waals surface area contributed by atoms with Gasteiger partial charge >= 0.3 is 0 Å². The fourth-order valence-electron chi connectivity index (χ4n) is 19.1.